The van der Waals surface area contributed by atoms with E-state index in [-0.39, 0.29) is 0 Å². The smallest absolute Gasteiger partial charge is 0.352 e. The van der Waals surface area contributed by atoms with Gasteiger partial charge >= 0.3 is 5.97 Å². The number of aromatic carboxylic acids is 1. The van der Waals surface area contributed by atoms with Crippen LogP contribution >= 0.6 is 11.6 Å². The minimum absolute atomic E-state index is 0.333. The second kappa shape index (κ2) is 8.96. The minimum atomic E-state index is -0.916. The van der Waals surface area contributed by atoms with Gasteiger partial charge in [-0.3, -0.25) is 0 Å². The van der Waals surface area contributed by atoms with E-state index in [0.29, 0.717) is 30.4 Å². The van der Waals surface area contributed by atoms with Crippen LogP contribution in [0.4, 0.5) is 0 Å². The fraction of sp³-hybridized carbons (Fsp3) is 0.192. The molecule has 0 aliphatic carbocycles. The Morgan fingerprint density at radius 1 is 0.935 bits per heavy atom. The Labute approximate surface area is 187 Å². The first-order chi connectivity index (χ1) is 14.9. The summed E-state index contributed by atoms with van der Waals surface area (Å²) in [6.45, 7) is 5.64. The number of aryl methyl sites for hydroxylation is 2. The molecule has 0 atom stereocenters. The molecule has 0 saturated heterocycles. The van der Waals surface area contributed by atoms with Crippen molar-refractivity contribution >= 4 is 28.5 Å². The fourth-order valence-electron chi connectivity index (χ4n) is 3.97. The lowest BCUT2D eigenvalue weighted by Crippen LogP contribution is -2.17. The number of nitrogens with one attached hydrogen (secondary N) is 1. The molecule has 0 bridgehead atoms. The molecule has 31 heavy (non-hydrogen) atoms. The van der Waals surface area contributed by atoms with Crippen LogP contribution in [0.2, 0.25) is 5.02 Å². The van der Waals surface area contributed by atoms with Crippen LogP contribution in [0.15, 0.2) is 66.7 Å². The fourth-order valence-corrected chi connectivity index (χ4v) is 4.19. The summed E-state index contributed by atoms with van der Waals surface area (Å²) in [7, 11) is 0. The van der Waals surface area contributed by atoms with Gasteiger partial charge in [0, 0.05) is 41.1 Å². The lowest BCUT2D eigenvalue weighted by Gasteiger charge is -2.11. The molecule has 4 rings (SSSR count). The molecule has 1 aromatic heterocycles. The van der Waals surface area contributed by atoms with Crippen LogP contribution < -0.4 is 5.32 Å². The zero-order valence-corrected chi connectivity index (χ0v) is 18.4. The topological polar surface area (TPSA) is 54.3 Å². The third-order valence-electron chi connectivity index (χ3n) is 5.51. The second-order valence-corrected chi connectivity index (χ2v) is 8.39. The molecule has 0 unspecified atom stereocenters. The molecular weight excluding hydrogens is 408 g/mol. The largest absolute Gasteiger partial charge is 0.477 e. The van der Waals surface area contributed by atoms with E-state index in [1.165, 1.54) is 5.56 Å². The van der Waals surface area contributed by atoms with Crippen LogP contribution in [0, 0.1) is 13.8 Å². The van der Waals surface area contributed by atoms with Gasteiger partial charge in [0.05, 0.1) is 0 Å². The first-order valence-corrected chi connectivity index (χ1v) is 10.7. The van der Waals surface area contributed by atoms with Crippen LogP contribution in [0.25, 0.3) is 10.9 Å². The Morgan fingerprint density at radius 2 is 1.68 bits per heavy atom. The number of rotatable bonds is 7. The van der Waals surface area contributed by atoms with Crippen LogP contribution in [-0.4, -0.2) is 15.6 Å². The third-order valence-corrected chi connectivity index (χ3v) is 5.74. The number of hydrogen-bond donors (Lipinski definition) is 2. The van der Waals surface area contributed by atoms with Crippen molar-refractivity contribution in [2.75, 3.05) is 0 Å². The van der Waals surface area contributed by atoms with Gasteiger partial charge in [-0.25, -0.2) is 4.79 Å². The number of carboxylic acids is 1. The van der Waals surface area contributed by atoms with E-state index in [4.69, 9.17) is 11.6 Å². The second-order valence-electron chi connectivity index (χ2n) is 7.96. The van der Waals surface area contributed by atoms with Crippen LogP contribution in [0.1, 0.15) is 38.3 Å². The Hall–Kier alpha value is -3.08. The van der Waals surface area contributed by atoms with Crippen molar-refractivity contribution in [3.63, 3.8) is 0 Å². The summed E-state index contributed by atoms with van der Waals surface area (Å²) >= 11 is 6.08. The summed E-state index contributed by atoms with van der Waals surface area (Å²) in [6, 6.07) is 22.0. The van der Waals surface area contributed by atoms with Crippen LogP contribution in [-0.2, 0) is 19.6 Å². The SMILES string of the molecule is Cc1ccc(Cn2c(C(=O)O)c(CNCc3cccc(Cl)c3)c3ccc(C)cc32)cc1. The molecule has 0 saturated carbocycles. The molecule has 0 amide bonds. The van der Waals surface area contributed by atoms with Gasteiger partial charge in [-0.1, -0.05) is 65.7 Å². The predicted octanol–water partition coefficient (Wildman–Crippen LogP) is 5.95. The first-order valence-electron chi connectivity index (χ1n) is 10.3. The van der Waals surface area contributed by atoms with E-state index in [1.54, 1.807) is 0 Å². The van der Waals surface area contributed by atoms with Crippen molar-refractivity contribution in [2.45, 2.75) is 33.5 Å². The maximum absolute atomic E-state index is 12.4. The molecule has 4 nitrogen and oxygen atoms in total. The van der Waals surface area contributed by atoms with Gasteiger partial charge in [-0.2, -0.15) is 0 Å². The summed E-state index contributed by atoms with van der Waals surface area (Å²) in [4.78, 5) is 12.4. The molecule has 158 valence electrons. The number of benzene rings is 3. The Morgan fingerprint density at radius 3 is 2.39 bits per heavy atom. The zero-order valence-electron chi connectivity index (χ0n) is 17.7. The summed E-state index contributed by atoms with van der Waals surface area (Å²) in [5.74, 6) is -0.916. The van der Waals surface area contributed by atoms with Crippen molar-refractivity contribution in [2.24, 2.45) is 0 Å². The van der Waals surface area contributed by atoms with Gasteiger partial charge in [0.2, 0.25) is 0 Å². The first kappa shape index (κ1) is 21.2. The molecule has 0 aliphatic rings. The lowest BCUT2D eigenvalue weighted by molar-refractivity contribution is 0.0684. The van der Waals surface area contributed by atoms with E-state index >= 15 is 0 Å². The summed E-state index contributed by atoms with van der Waals surface area (Å²) < 4.78 is 1.92. The quantitative estimate of drug-likeness (QED) is 0.379. The standard InChI is InChI=1S/C26H25ClN2O2/c1-17-6-9-19(10-7-17)16-29-24-12-18(2)8-11-22(24)23(25(29)26(30)31)15-28-14-20-4-3-5-21(27)13-20/h3-13,28H,14-16H2,1-2H3,(H,30,31). The maximum Gasteiger partial charge on any atom is 0.352 e. The van der Waals surface area contributed by atoms with Gasteiger partial charge in [-0.15, -0.1) is 0 Å². The van der Waals surface area contributed by atoms with E-state index in [0.717, 1.165) is 33.2 Å². The highest BCUT2D eigenvalue weighted by molar-refractivity contribution is 6.30. The molecule has 3 aromatic carbocycles. The van der Waals surface area contributed by atoms with E-state index < -0.39 is 5.97 Å². The summed E-state index contributed by atoms with van der Waals surface area (Å²) in [6.07, 6.45) is 0. The Bertz CT molecular complexity index is 1240. The molecule has 4 aromatic rings. The molecule has 1 heterocycles. The van der Waals surface area contributed by atoms with Crippen molar-refractivity contribution in [1.29, 1.82) is 0 Å². The Kier molecular flexibility index (Phi) is 6.12. The predicted molar refractivity (Wildman–Crippen MR) is 126 cm³/mol. The highest BCUT2D eigenvalue weighted by Gasteiger charge is 2.22. The van der Waals surface area contributed by atoms with E-state index in [2.05, 4.69) is 35.6 Å². The highest BCUT2D eigenvalue weighted by Crippen LogP contribution is 2.29. The molecule has 0 aliphatic heterocycles. The number of hydrogen-bond acceptors (Lipinski definition) is 2. The number of fused-ring (bicyclic) bond motifs is 1. The van der Waals surface area contributed by atoms with Crippen molar-refractivity contribution < 1.29 is 9.90 Å². The lowest BCUT2D eigenvalue weighted by atomic mass is 10.1. The number of aromatic nitrogens is 1. The van der Waals surface area contributed by atoms with Gasteiger partial charge in [0.1, 0.15) is 5.69 Å². The molecular formula is C26H25ClN2O2. The average molecular weight is 433 g/mol. The molecule has 0 fully saturated rings. The molecule has 0 spiro atoms. The van der Waals surface area contributed by atoms with Crippen LogP contribution in [0.3, 0.4) is 0 Å². The number of carbonyl (C=O) groups is 1. The molecule has 0 radical (unpaired) electrons. The van der Waals surface area contributed by atoms with Crippen molar-refractivity contribution in [1.82, 2.24) is 9.88 Å². The number of halogens is 1. The third kappa shape index (κ3) is 4.66. The number of nitrogens with zero attached hydrogens (tertiary/aromatic N) is 1. The van der Waals surface area contributed by atoms with Crippen molar-refractivity contribution in [3.8, 4) is 0 Å². The maximum atomic E-state index is 12.4. The van der Waals surface area contributed by atoms with Gasteiger partial charge in [0.15, 0.2) is 0 Å². The summed E-state index contributed by atoms with van der Waals surface area (Å²) in [5.41, 5.74) is 6.49. The van der Waals surface area contributed by atoms with Gasteiger partial charge < -0.3 is 15.0 Å². The van der Waals surface area contributed by atoms with Crippen LogP contribution in [0.5, 0.6) is 0 Å². The monoisotopic (exact) mass is 432 g/mol. The summed E-state index contributed by atoms with van der Waals surface area (Å²) in [5, 5.41) is 15.2. The van der Waals surface area contributed by atoms with E-state index in [9.17, 15) is 9.90 Å². The zero-order chi connectivity index (χ0) is 22.0. The van der Waals surface area contributed by atoms with Crippen molar-refractivity contribution in [3.05, 3.63) is 105 Å². The number of carboxylic acid groups (broad SMARTS) is 1. The average Bonchev–Trinajstić information content (AvgIpc) is 3.02. The normalized spacial score (nSPS) is 11.2. The molecule has 5 heteroatoms. The molecule has 2 N–H and O–H groups in total. The Balaban J connectivity index is 1.72. The highest BCUT2D eigenvalue weighted by atomic mass is 35.5. The minimum Gasteiger partial charge on any atom is -0.477 e. The van der Waals surface area contributed by atoms with Gasteiger partial charge in [0.25, 0.3) is 0 Å². The van der Waals surface area contributed by atoms with E-state index in [1.807, 2.05) is 54.8 Å². The van der Waals surface area contributed by atoms with Gasteiger partial charge in [-0.05, 0) is 48.7 Å².